The molecule has 20 heavy (non-hydrogen) atoms. The lowest BCUT2D eigenvalue weighted by Gasteiger charge is -2.21. The number of aliphatic hydroxyl groups is 1. The fraction of sp³-hybridized carbons (Fsp3) is 0.438. The number of rotatable bonds is 6. The molecular formula is C16H23N3O. The number of aliphatic hydroxyl groups excluding tert-OH is 1. The first-order valence-corrected chi connectivity index (χ1v) is 7.22. The molecule has 0 aliphatic heterocycles. The van der Waals surface area contributed by atoms with Crippen molar-refractivity contribution in [2.24, 2.45) is 5.92 Å². The summed E-state index contributed by atoms with van der Waals surface area (Å²) in [6.07, 6.45) is 3.37. The maximum atomic E-state index is 10.2. The van der Waals surface area contributed by atoms with Crippen LogP contribution in [0.5, 0.6) is 0 Å². The van der Waals surface area contributed by atoms with Gasteiger partial charge in [0.2, 0.25) is 0 Å². The molecule has 0 saturated heterocycles. The third-order valence-electron chi connectivity index (χ3n) is 3.92. The molecule has 0 amide bonds. The predicted octanol–water partition coefficient (Wildman–Crippen LogP) is 3.03. The van der Waals surface area contributed by atoms with Gasteiger partial charge in [-0.1, -0.05) is 26.7 Å². The van der Waals surface area contributed by atoms with Gasteiger partial charge in [0.15, 0.2) is 0 Å². The van der Waals surface area contributed by atoms with Gasteiger partial charge in [-0.2, -0.15) is 0 Å². The normalized spacial score (nSPS) is 12.8. The summed E-state index contributed by atoms with van der Waals surface area (Å²) < 4.78 is 0. The minimum Gasteiger partial charge on any atom is -0.397 e. The molecule has 0 spiro atoms. The lowest BCUT2D eigenvalue weighted by atomic mass is 9.96. The van der Waals surface area contributed by atoms with Crippen molar-refractivity contribution < 1.29 is 5.11 Å². The summed E-state index contributed by atoms with van der Waals surface area (Å²) in [5, 5.41) is 14.3. The van der Waals surface area contributed by atoms with Crippen LogP contribution in [-0.4, -0.2) is 22.7 Å². The topological polar surface area (TPSA) is 71.2 Å². The van der Waals surface area contributed by atoms with Crippen molar-refractivity contribution in [3.8, 4) is 0 Å². The lowest BCUT2D eigenvalue weighted by molar-refractivity contribution is 0.114. The summed E-state index contributed by atoms with van der Waals surface area (Å²) >= 11 is 0. The zero-order chi connectivity index (χ0) is 14.5. The molecule has 0 radical (unpaired) electrons. The summed E-state index contributed by atoms with van der Waals surface area (Å²) in [5.74, 6) is 0.325. The first-order valence-electron chi connectivity index (χ1n) is 7.22. The van der Waals surface area contributed by atoms with E-state index in [0.29, 0.717) is 18.2 Å². The van der Waals surface area contributed by atoms with E-state index in [0.717, 1.165) is 29.4 Å². The van der Waals surface area contributed by atoms with Gasteiger partial charge in [0.25, 0.3) is 0 Å². The Morgan fingerprint density at radius 2 is 2.00 bits per heavy atom. The van der Waals surface area contributed by atoms with Gasteiger partial charge in [-0.15, -0.1) is 0 Å². The molecule has 4 heteroatoms. The van der Waals surface area contributed by atoms with E-state index >= 15 is 0 Å². The SMILES string of the molecule is CCC(CC)C(O)CNc1ccc2ncccc2c1N. The summed E-state index contributed by atoms with van der Waals surface area (Å²) in [6, 6.07) is 7.70. The molecule has 1 atom stereocenters. The Labute approximate surface area is 120 Å². The number of pyridine rings is 1. The molecule has 2 rings (SSSR count). The number of nitrogens with one attached hydrogen (secondary N) is 1. The highest BCUT2D eigenvalue weighted by Gasteiger charge is 2.15. The minimum atomic E-state index is -0.353. The Hall–Kier alpha value is -1.81. The third-order valence-corrected chi connectivity index (χ3v) is 3.92. The van der Waals surface area contributed by atoms with Crippen LogP contribution in [0.1, 0.15) is 26.7 Å². The van der Waals surface area contributed by atoms with Crippen LogP contribution in [0.4, 0.5) is 11.4 Å². The summed E-state index contributed by atoms with van der Waals surface area (Å²) in [5.41, 5.74) is 8.59. The molecule has 2 aromatic rings. The summed E-state index contributed by atoms with van der Waals surface area (Å²) in [7, 11) is 0. The van der Waals surface area contributed by atoms with Gasteiger partial charge in [-0.05, 0) is 30.2 Å². The molecule has 108 valence electrons. The van der Waals surface area contributed by atoms with Gasteiger partial charge in [0.1, 0.15) is 0 Å². The number of fused-ring (bicyclic) bond motifs is 1. The van der Waals surface area contributed by atoms with Crippen LogP contribution in [0.15, 0.2) is 30.5 Å². The number of hydrogen-bond acceptors (Lipinski definition) is 4. The molecule has 1 heterocycles. The average Bonchev–Trinajstić information content (AvgIpc) is 2.48. The number of aromatic nitrogens is 1. The fourth-order valence-corrected chi connectivity index (χ4v) is 2.54. The van der Waals surface area contributed by atoms with Gasteiger partial charge in [-0.25, -0.2) is 0 Å². The van der Waals surface area contributed by atoms with Crippen molar-refractivity contribution in [1.29, 1.82) is 0 Å². The molecule has 1 aromatic carbocycles. The van der Waals surface area contributed by atoms with Gasteiger partial charge >= 0.3 is 0 Å². The van der Waals surface area contributed by atoms with Crippen molar-refractivity contribution in [2.75, 3.05) is 17.6 Å². The van der Waals surface area contributed by atoms with Crippen molar-refractivity contribution in [1.82, 2.24) is 4.98 Å². The smallest absolute Gasteiger partial charge is 0.0740 e. The first-order chi connectivity index (χ1) is 9.67. The van der Waals surface area contributed by atoms with Crippen LogP contribution < -0.4 is 11.1 Å². The Morgan fingerprint density at radius 1 is 1.25 bits per heavy atom. The number of hydrogen-bond donors (Lipinski definition) is 3. The van der Waals surface area contributed by atoms with Gasteiger partial charge in [0, 0.05) is 18.1 Å². The van der Waals surface area contributed by atoms with Crippen molar-refractivity contribution in [3.63, 3.8) is 0 Å². The Balaban J connectivity index is 2.12. The maximum absolute atomic E-state index is 10.2. The number of anilines is 2. The molecule has 0 bridgehead atoms. The van der Waals surface area contributed by atoms with E-state index in [1.54, 1.807) is 6.20 Å². The summed E-state index contributed by atoms with van der Waals surface area (Å²) in [4.78, 5) is 4.28. The largest absolute Gasteiger partial charge is 0.397 e. The standard InChI is InChI=1S/C16H23N3O/c1-3-11(4-2)15(20)10-19-14-8-7-13-12(16(14)17)6-5-9-18-13/h5-9,11,15,19-20H,3-4,10,17H2,1-2H3. The van der Waals surface area contributed by atoms with Crippen LogP contribution >= 0.6 is 0 Å². The molecule has 1 aromatic heterocycles. The highest BCUT2D eigenvalue weighted by atomic mass is 16.3. The van der Waals surface area contributed by atoms with Crippen molar-refractivity contribution in [3.05, 3.63) is 30.5 Å². The predicted molar refractivity (Wildman–Crippen MR) is 84.7 cm³/mol. The van der Waals surface area contributed by atoms with Gasteiger partial charge in [-0.3, -0.25) is 4.98 Å². The van der Waals surface area contributed by atoms with Crippen LogP contribution in [0.3, 0.4) is 0 Å². The first kappa shape index (κ1) is 14.6. The second kappa shape index (κ2) is 6.57. The van der Waals surface area contributed by atoms with E-state index in [9.17, 15) is 5.11 Å². The highest BCUT2D eigenvalue weighted by molar-refractivity contribution is 5.96. The molecule has 1 unspecified atom stereocenters. The number of nitrogens with zero attached hydrogens (tertiary/aromatic N) is 1. The molecule has 0 saturated carbocycles. The van der Waals surface area contributed by atoms with E-state index in [4.69, 9.17) is 5.73 Å². The van der Waals surface area contributed by atoms with Gasteiger partial charge < -0.3 is 16.2 Å². The number of benzene rings is 1. The van der Waals surface area contributed by atoms with Crippen LogP contribution in [0.2, 0.25) is 0 Å². The quantitative estimate of drug-likeness (QED) is 0.707. The molecule has 4 N–H and O–H groups in total. The van der Waals surface area contributed by atoms with E-state index < -0.39 is 0 Å². The molecule has 0 aliphatic rings. The highest BCUT2D eigenvalue weighted by Crippen LogP contribution is 2.27. The van der Waals surface area contributed by atoms with Crippen LogP contribution in [-0.2, 0) is 0 Å². The van der Waals surface area contributed by atoms with Gasteiger partial charge in [0.05, 0.1) is 23.0 Å². The maximum Gasteiger partial charge on any atom is 0.0740 e. The number of nitrogens with two attached hydrogens (primary N) is 1. The minimum absolute atomic E-state index is 0.325. The zero-order valence-corrected chi connectivity index (χ0v) is 12.1. The Bertz CT molecular complexity index is 567. The van der Waals surface area contributed by atoms with Crippen molar-refractivity contribution in [2.45, 2.75) is 32.8 Å². The fourth-order valence-electron chi connectivity index (χ4n) is 2.54. The van der Waals surface area contributed by atoms with E-state index in [1.165, 1.54) is 0 Å². The Kier molecular flexibility index (Phi) is 4.79. The average molecular weight is 273 g/mol. The summed E-state index contributed by atoms with van der Waals surface area (Å²) in [6.45, 7) is 4.73. The second-order valence-electron chi connectivity index (χ2n) is 5.12. The van der Waals surface area contributed by atoms with E-state index in [-0.39, 0.29) is 6.10 Å². The second-order valence-corrected chi connectivity index (χ2v) is 5.12. The molecule has 0 aliphatic carbocycles. The van der Waals surface area contributed by atoms with Crippen molar-refractivity contribution >= 4 is 22.3 Å². The monoisotopic (exact) mass is 273 g/mol. The van der Waals surface area contributed by atoms with E-state index in [1.807, 2.05) is 24.3 Å². The molecular weight excluding hydrogens is 250 g/mol. The Morgan fingerprint density at radius 3 is 2.70 bits per heavy atom. The zero-order valence-electron chi connectivity index (χ0n) is 12.1. The lowest BCUT2D eigenvalue weighted by Crippen LogP contribution is -2.27. The molecule has 4 nitrogen and oxygen atoms in total. The van der Waals surface area contributed by atoms with Crippen LogP contribution in [0, 0.1) is 5.92 Å². The van der Waals surface area contributed by atoms with E-state index in [2.05, 4.69) is 24.1 Å². The third kappa shape index (κ3) is 3.02. The van der Waals surface area contributed by atoms with Crippen LogP contribution in [0.25, 0.3) is 10.9 Å². The number of nitrogen functional groups attached to an aromatic ring is 1. The molecule has 0 fully saturated rings.